The van der Waals surface area contributed by atoms with Crippen molar-refractivity contribution >= 4 is 33.8 Å². The summed E-state index contributed by atoms with van der Waals surface area (Å²) < 4.78 is 6.77. The molecule has 1 amide bonds. The number of benzene rings is 2. The van der Waals surface area contributed by atoms with Crippen LogP contribution in [0.1, 0.15) is 11.1 Å². The number of hydrogen-bond acceptors (Lipinski definition) is 5. The van der Waals surface area contributed by atoms with Crippen molar-refractivity contribution in [2.75, 3.05) is 32.8 Å². The number of amides is 1. The van der Waals surface area contributed by atoms with Crippen LogP contribution in [0.25, 0.3) is 0 Å². The van der Waals surface area contributed by atoms with Crippen molar-refractivity contribution < 1.29 is 29.3 Å². The molecule has 1 aliphatic heterocycles. The average molecular weight is 493 g/mol. The smallest absolute Gasteiger partial charge is 0.414 e. The lowest BCUT2D eigenvalue weighted by molar-refractivity contribution is -0.159. The van der Waals surface area contributed by atoms with E-state index in [2.05, 4.69) is 39.0 Å². The van der Waals surface area contributed by atoms with E-state index in [9.17, 15) is 4.79 Å². The molecule has 0 radical (unpaired) electrons. The molecule has 1 fully saturated rings. The molecule has 166 valence electrons. The third kappa shape index (κ3) is 8.39. The van der Waals surface area contributed by atoms with Crippen molar-refractivity contribution in [3.8, 4) is 5.75 Å². The van der Waals surface area contributed by atoms with Crippen LogP contribution in [0.5, 0.6) is 5.75 Å². The summed E-state index contributed by atoms with van der Waals surface area (Å²) >= 11 is 3.60. The number of carbonyl (C=O) groups excluding carboxylic acids is 1. The van der Waals surface area contributed by atoms with Crippen molar-refractivity contribution in [1.29, 1.82) is 0 Å². The monoisotopic (exact) mass is 492 g/mol. The number of aliphatic carboxylic acids is 2. The number of piperazine rings is 1. The summed E-state index contributed by atoms with van der Waals surface area (Å²) in [6.45, 7) is 6.30. The maximum atomic E-state index is 12.4. The molecule has 0 saturated carbocycles. The predicted molar refractivity (Wildman–Crippen MR) is 118 cm³/mol. The minimum absolute atomic E-state index is 0.0575. The van der Waals surface area contributed by atoms with E-state index in [1.54, 1.807) is 0 Å². The van der Waals surface area contributed by atoms with E-state index < -0.39 is 11.9 Å². The van der Waals surface area contributed by atoms with E-state index in [4.69, 9.17) is 24.5 Å². The van der Waals surface area contributed by atoms with Gasteiger partial charge in [0.15, 0.2) is 6.61 Å². The highest BCUT2D eigenvalue weighted by molar-refractivity contribution is 9.10. The van der Waals surface area contributed by atoms with Crippen LogP contribution in [0.3, 0.4) is 0 Å². The van der Waals surface area contributed by atoms with Crippen molar-refractivity contribution in [2.45, 2.75) is 13.5 Å². The minimum Gasteiger partial charge on any atom is -0.484 e. The fraction of sp³-hybridized carbons (Fsp3) is 0.318. The van der Waals surface area contributed by atoms with Gasteiger partial charge in [0.05, 0.1) is 0 Å². The predicted octanol–water partition coefficient (Wildman–Crippen LogP) is 2.64. The van der Waals surface area contributed by atoms with Crippen LogP contribution in [0.4, 0.5) is 0 Å². The molecule has 8 nitrogen and oxygen atoms in total. The molecule has 0 aromatic heterocycles. The average Bonchev–Trinajstić information content (AvgIpc) is 2.74. The molecule has 0 atom stereocenters. The molecule has 0 spiro atoms. The highest BCUT2D eigenvalue weighted by atomic mass is 79.9. The quantitative estimate of drug-likeness (QED) is 0.617. The number of hydrogen-bond donors (Lipinski definition) is 2. The Morgan fingerprint density at radius 3 is 2.19 bits per heavy atom. The van der Waals surface area contributed by atoms with Gasteiger partial charge < -0.3 is 19.8 Å². The van der Waals surface area contributed by atoms with Gasteiger partial charge in [-0.3, -0.25) is 9.69 Å². The van der Waals surface area contributed by atoms with Gasteiger partial charge in [-0.15, -0.1) is 0 Å². The number of aryl methyl sites for hydroxylation is 1. The molecular weight excluding hydrogens is 468 g/mol. The fourth-order valence-electron chi connectivity index (χ4n) is 2.96. The second kappa shape index (κ2) is 12.1. The zero-order chi connectivity index (χ0) is 22.8. The minimum atomic E-state index is -1.82. The van der Waals surface area contributed by atoms with Crippen LogP contribution < -0.4 is 4.74 Å². The Hall–Kier alpha value is -2.91. The molecule has 0 aliphatic carbocycles. The maximum Gasteiger partial charge on any atom is 0.414 e. The van der Waals surface area contributed by atoms with E-state index in [0.717, 1.165) is 48.5 Å². The maximum absolute atomic E-state index is 12.4. The summed E-state index contributed by atoms with van der Waals surface area (Å²) in [5.41, 5.74) is 2.41. The van der Waals surface area contributed by atoms with Gasteiger partial charge in [-0.05, 0) is 36.2 Å². The van der Waals surface area contributed by atoms with Crippen LogP contribution in [0.15, 0.2) is 53.0 Å². The van der Waals surface area contributed by atoms with E-state index in [1.807, 2.05) is 42.2 Å². The zero-order valence-electron chi connectivity index (χ0n) is 17.2. The Balaban J connectivity index is 0.000000501. The van der Waals surface area contributed by atoms with Gasteiger partial charge >= 0.3 is 11.9 Å². The topological polar surface area (TPSA) is 107 Å². The van der Waals surface area contributed by atoms with Crippen LogP contribution >= 0.6 is 15.9 Å². The normalized spacial score (nSPS) is 13.7. The molecule has 2 aromatic carbocycles. The largest absolute Gasteiger partial charge is 0.484 e. The lowest BCUT2D eigenvalue weighted by atomic mass is 10.2. The Labute approximate surface area is 189 Å². The number of carboxylic acids is 2. The first-order valence-corrected chi connectivity index (χ1v) is 10.4. The molecule has 3 rings (SSSR count). The van der Waals surface area contributed by atoms with E-state index in [-0.39, 0.29) is 12.5 Å². The number of rotatable bonds is 5. The lowest BCUT2D eigenvalue weighted by Gasteiger charge is -2.34. The first-order chi connectivity index (χ1) is 14.8. The molecular formula is C22H25BrN2O6. The van der Waals surface area contributed by atoms with Gasteiger partial charge in [0.1, 0.15) is 5.75 Å². The van der Waals surface area contributed by atoms with E-state index in [1.165, 1.54) is 5.56 Å². The molecule has 1 heterocycles. The number of carbonyl (C=O) groups is 3. The summed E-state index contributed by atoms with van der Waals surface area (Å²) in [6.07, 6.45) is 0. The second-order valence-corrected chi connectivity index (χ2v) is 7.82. The Kier molecular flexibility index (Phi) is 9.48. The van der Waals surface area contributed by atoms with Gasteiger partial charge in [0.25, 0.3) is 5.91 Å². The fourth-order valence-corrected chi connectivity index (χ4v) is 3.37. The molecule has 0 unspecified atom stereocenters. The highest BCUT2D eigenvalue weighted by Gasteiger charge is 2.21. The lowest BCUT2D eigenvalue weighted by Crippen LogP contribution is -2.49. The number of nitrogens with zero attached hydrogens (tertiary/aromatic N) is 2. The second-order valence-electron chi connectivity index (χ2n) is 6.96. The van der Waals surface area contributed by atoms with Gasteiger partial charge in [-0.25, -0.2) is 9.59 Å². The number of carboxylic acid groups (broad SMARTS) is 2. The van der Waals surface area contributed by atoms with Crippen LogP contribution in [0, 0.1) is 6.92 Å². The first kappa shape index (κ1) is 24.4. The summed E-state index contributed by atoms with van der Waals surface area (Å²) in [4.78, 5) is 34.8. The van der Waals surface area contributed by atoms with Crippen molar-refractivity contribution in [3.05, 3.63) is 64.1 Å². The summed E-state index contributed by atoms with van der Waals surface area (Å²) in [5, 5.41) is 14.8. The van der Waals surface area contributed by atoms with Crippen LogP contribution in [-0.2, 0) is 20.9 Å². The molecule has 31 heavy (non-hydrogen) atoms. The summed E-state index contributed by atoms with van der Waals surface area (Å²) in [5.74, 6) is -2.84. The Morgan fingerprint density at radius 2 is 1.61 bits per heavy atom. The van der Waals surface area contributed by atoms with Gasteiger partial charge in [-0.2, -0.15) is 0 Å². The van der Waals surface area contributed by atoms with E-state index >= 15 is 0 Å². The zero-order valence-corrected chi connectivity index (χ0v) is 18.7. The van der Waals surface area contributed by atoms with E-state index in [0.29, 0.717) is 0 Å². The number of ether oxygens (including phenoxy) is 1. The standard InChI is InChI=1S/C20H23BrN2O2.C2H2O4/c1-16-5-4-7-18(13-16)25-15-20(24)23-11-9-22(10-12-23)14-17-6-2-3-8-19(17)21;3-1(4)2(5)6/h2-8,13H,9-12,14-15H2,1H3;(H,3,4)(H,5,6). The highest BCUT2D eigenvalue weighted by Crippen LogP contribution is 2.19. The van der Waals surface area contributed by atoms with Crippen LogP contribution in [-0.4, -0.2) is 70.6 Å². The van der Waals surface area contributed by atoms with Gasteiger partial charge in [-0.1, -0.05) is 46.3 Å². The van der Waals surface area contributed by atoms with Crippen molar-refractivity contribution in [3.63, 3.8) is 0 Å². The SMILES string of the molecule is Cc1cccc(OCC(=O)N2CCN(Cc3ccccc3Br)CC2)c1.O=C(O)C(=O)O. The first-order valence-electron chi connectivity index (χ1n) is 9.65. The molecule has 2 aromatic rings. The van der Waals surface area contributed by atoms with Gasteiger partial charge in [0, 0.05) is 37.2 Å². The van der Waals surface area contributed by atoms with Gasteiger partial charge in [0.2, 0.25) is 0 Å². The Bertz CT molecular complexity index is 900. The molecule has 1 saturated heterocycles. The third-order valence-electron chi connectivity index (χ3n) is 4.61. The van der Waals surface area contributed by atoms with Crippen LogP contribution in [0.2, 0.25) is 0 Å². The third-order valence-corrected chi connectivity index (χ3v) is 5.39. The molecule has 2 N–H and O–H groups in total. The Morgan fingerprint density at radius 1 is 0.968 bits per heavy atom. The molecule has 1 aliphatic rings. The molecule has 0 bridgehead atoms. The van der Waals surface area contributed by atoms with Crippen molar-refractivity contribution in [2.24, 2.45) is 0 Å². The summed E-state index contributed by atoms with van der Waals surface area (Å²) in [6, 6.07) is 16.1. The molecule has 9 heteroatoms. The summed E-state index contributed by atoms with van der Waals surface area (Å²) in [7, 11) is 0. The van der Waals surface area contributed by atoms with Crippen molar-refractivity contribution in [1.82, 2.24) is 9.80 Å². The number of halogens is 1.